The summed E-state index contributed by atoms with van der Waals surface area (Å²) in [7, 11) is 0. The SMILES string of the molecule is CCn1c(C)cc(O)c(C(c2cccc(F)c2)N2CCCCC2)c1=O. The summed E-state index contributed by atoms with van der Waals surface area (Å²) in [4.78, 5) is 15.3. The van der Waals surface area contributed by atoms with Gasteiger partial charge >= 0.3 is 0 Å². The number of halogens is 1. The van der Waals surface area contributed by atoms with Crippen LogP contribution in [0, 0.1) is 12.7 Å². The lowest BCUT2D eigenvalue weighted by atomic mass is 9.94. The average Bonchev–Trinajstić information content (AvgIpc) is 2.59. The van der Waals surface area contributed by atoms with E-state index in [1.165, 1.54) is 12.1 Å². The van der Waals surface area contributed by atoms with Gasteiger partial charge in [-0.1, -0.05) is 18.6 Å². The van der Waals surface area contributed by atoms with Gasteiger partial charge in [0.15, 0.2) is 0 Å². The summed E-state index contributed by atoms with van der Waals surface area (Å²) in [6.45, 7) is 5.92. The Labute approximate surface area is 147 Å². The van der Waals surface area contributed by atoms with E-state index in [4.69, 9.17) is 0 Å². The van der Waals surface area contributed by atoms with Crippen LogP contribution in [-0.4, -0.2) is 27.7 Å². The number of rotatable bonds is 4. The average molecular weight is 344 g/mol. The zero-order valence-electron chi connectivity index (χ0n) is 14.8. The van der Waals surface area contributed by atoms with Gasteiger partial charge in [-0.3, -0.25) is 9.69 Å². The molecule has 1 aromatic heterocycles. The highest BCUT2D eigenvalue weighted by molar-refractivity contribution is 5.41. The molecule has 1 unspecified atom stereocenters. The van der Waals surface area contributed by atoms with E-state index < -0.39 is 6.04 Å². The molecule has 1 aromatic carbocycles. The van der Waals surface area contributed by atoms with Crippen LogP contribution >= 0.6 is 0 Å². The van der Waals surface area contributed by atoms with E-state index in [9.17, 15) is 14.3 Å². The fraction of sp³-hybridized carbons (Fsp3) is 0.450. The van der Waals surface area contributed by atoms with Crippen molar-refractivity contribution < 1.29 is 9.50 Å². The summed E-state index contributed by atoms with van der Waals surface area (Å²) >= 11 is 0. The number of hydrogen-bond donors (Lipinski definition) is 1. The molecule has 1 aliphatic heterocycles. The Morgan fingerprint density at radius 1 is 1.20 bits per heavy atom. The van der Waals surface area contributed by atoms with Crippen LogP contribution in [0.5, 0.6) is 5.75 Å². The Hall–Kier alpha value is -2.14. The summed E-state index contributed by atoms with van der Waals surface area (Å²) in [6, 6.07) is 7.56. The lowest BCUT2D eigenvalue weighted by molar-refractivity contribution is 0.183. The highest BCUT2D eigenvalue weighted by Crippen LogP contribution is 2.34. The second kappa shape index (κ2) is 7.40. The van der Waals surface area contributed by atoms with Gasteiger partial charge in [0.05, 0.1) is 11.6 Å². The van der Waals surface area contributed by atoms with Crippen LogP contribution in [0.25, 0.3) is 0 Å². The zero-order valence-corrected chi connectivity index (χ0v) is 14.8. The van der Waals surface area contributed by atoms with Gasteiger partial charge in [0.1, 0.15) is 11.6 Å². The molecule has 0 radical (unpaired) electrons. The number of hydrogen-bond acceptors (Lipinski definition) is 3. The van der Waals surface area contributed by atoms with Crippen molar-refractivity contribution in [3.63, 3.8) is 0 Å². The van der Waals surface area contributed by atoms with Crippen LogP contribution in [-0.2, 0) is 6.54 Å². The molecule has 1 atom stereocenters. The second-order valence-electron chi connectivity index (χ2n) is 6.69. The minimum Gasteiger partial charge on any atom is -0.507 e. The standard InChI is InChI=1S/C20H25FN2O2/c1-3-23-14(2)12-17(24)18(20(23)25)19(22-10-5-4-6-11-22)15-8-7-9-16(21)13-15/h7-9,12-13,19,24H,3-6,10-11H2,1-2H3. The summed E-state index contributed by atoms with van der Waals surface area (Å²) in [5.41, 5.74) is 1.59. The molecule has 3 rings (SSSR count). The first-order chi connectivity index (χ1) is 12.0. The lowest BCUT2D eigenvalue weighted by Gasteiger charge is -2.35. The van der Waals surface area contributed by atoms with Crippen molar-refractivity contribution in [2.75, 3.05) is 13.1 Å². The first-order valence-corrected chi connectivity index (χ1v) is 8.95. The van der Waals surface area contributed by atoms with E-state index in [0.717, 1.165) is 38.0 Å². The monoisotopic (exact) mass is 344 g/mol. The highest BCUT2D eigenvalue weighted by Gasteiger charge is 2.30. The fourth-order valence-electron chi connectivity index (χ4n) is 3.83. The van der Waals surface area contributed by atoms with Crippen LogP contribution < -0.4 is 5.56 Å². The molecule has 0 aliphatic carbocycles. The summed E-state index contributed by atoms with van der Waals surface area (Å²) in [5.74, 6) is -0.339. The van der Waals surface area contributed by atoms with E-state index in [2.05, 4.69) is 4.90 Å². The third kappa shape index (κ3) is 3.47. The molecule has 2 heterocycles. The zero-order chi connectivity index (χ0) is 18.0. The normalized spacial score (nSPS) is 16.8. The van der Waals surface area contributed by atoms with Crippen LogP contribution in [0.15, 0.2) is 35.1 Å². The number of nitrogens with zero attached hydrogens (tertiary/aromatic N) is 2. The largest absolute Gasteiger partial charge is 0.507 e. The van der Waals surface area contributed by atoms with Gasteiger partial charge in [-0.2, -0.15) is 0 Å². The first-order valence-electron chi connectivity index (χ1n) is 8.95. The number of pyridine rings is 1. The van der Waals surface area contributed by atoms with Crippen molar-refractivity contribution in [2.45, 2.75) is 45.7 Å². The molecule has 0 saturated carbocycles. The Balaban J connectivity index is 2.20. The Kier molecular flexibility index (Phi) is 5.23. The smallest absolute Gasteiger partial charge is 0.259 e. The molecule has 1 saturated heterocycles. The topological polar surface area (TPSA) is 45.5 Å². The maximum absolute atomic E-state index is 13.9. The van der Waals surface area contributed by atoms with Gasteiger partial charge < -0.3 is 9.67 Å². The van der Waals surface area contributed by atoms with Crippen molar-refractivity contribution in [2.24, 2.45) is 0 Å². The molecule has 1 aliphatic rings. The number of likely N-dealkylation sites (tertiary alicyclic amines) is 1. The molecule has 1 fully saturated rings. The molecular formula is C20H25FN2O2. The predicted octanol–water partition coefficient (Wildman–Crippen LogP) is 3.60. The fourth-order valence-corrected chi connectivity index (χ4v) is 3.83. The maximum Gasteiger partial charge on any atom is 0.259 e. The molecule has 4 nitrogen and oxygen atoms in total. The number of benzene rings is 1. The third-order valence-electron chi connectivity index (χ3n) is 5.03. The molecule has 5 heteroatoms. The number of piperidine rings is 1. The Bertz CT molecular complexity index is 810. The molecule has 134 valence electrons. The molecule has 0 bridgehead atoms. The van der Waals surface area contributed by atoms with Crippen molar-refractivity contribution >= 4 is 0 Å². The van der Waals surface area contributed by atoms with Crippen LogP contribution in [0.4, 0.5) is 4.39 Å². The Morgan fingerprint density at radius 3 is 2.56 bits per heavy atom. The van der Waals surface area contributed by atoms with Gasteiger partial charge in [-0.25, -0.2) is 4.39 Å². The number of aromatic nitrogens is 1. The number of aryl methyl sites for hydroxylation is 1. The van der Waals surface area contributed by atoms with Gasteiger partial charge in [0, 0.05) is 12.2 Å². The van der Waals surface area contributed by atoms with Gasteiger partial charge in [-0.05, 0) is 63.5 Å². The summed E-state index contributed by atoms with van der Waals surface area (Å²) < 4.78 is 15.5. The van der Waals surface area contributed by atoms with Gasteiger partial charge in [0.25, 0.3) is 5.56 Å². The van der Waals surface area contributed by atoms with Gasteiger partial charge in [0.2, 0.25) is 0 Å². The van der Waals surface area contributed by atoms with E-state index in [-0.39, 0.29) is 17.1 Å². The van der Waals surface area contributed by atoms with E-state index >= 15 is 0 Å². The van der Waals surface area contributed by atoms with Crippen molar-refractivity contribution in [1.29, 1.82) is 0 Å². The molecule has 0 spiro atoms. The van der Waals surface area contributed by atoms with E-state index in [1.807, 2.05) is 19.9 Å². The molecule has 0 amide bonds. The molecular weight excluding hydrogens is 319 g/mol. The first kappa shape index (κ1) is 17.7. The minimum atomic E-state index is -0.429. The lowest BCUT2D eigenvalue weighted by Crippen LogP contribution is -2.38. The second-order valence-corrected chi connectivity index (χ2v) is 6.69. The molecule has 2 aromatic rings. The molecule has 25 heavy (non-hydrogen) atoms. The van der Waals surface area contributed by atoms with Crippen LogP contribution in [0.1, 0.15) is 49.0 Å². The van der Waals surface area contributed by atoms with Crippen LogP contribution in [0.3, 0.4) is 0 Å². The Morgan fingerprint density at radius 2 is 1.92 bits per heavy atom. The van der Waals surface area contributed by atoms with Crippen LogP contribution in [0.2, 0.25) is 0 Å². The van der Waals surface area contributed by atoms with E-state index in [1.54, 1.807) is 16.7 Å². The minimum absolute atomic E-state index is 0.00738. The van der Waals surface area contributed by atoms with Gasteiger partial charge in [-0.15, -0.1) is 0 Å². The van der Waals surface area contributed by atoms with Crippen molar-refractivity contribution in [1.82, 2.24) is 9.47 Å². The van der Waals surface area contributed by atoms with Crippen molar-refractivity contribution in [3.05, 3.63) is 63.3 Å². The predicted molar refractivity (Wildman–Crippen MR) is 96.4 cm³/mol. The van der Waals surface area contributed by atoms with Crippen molar-refractivity contribution in [3.8, 4) is 5.75 Å². The van der Waals surface area contributed by atoms with E-state index in [0.29, 0.717) is 17.7 Å². The summed E-state index contributed by atoms with van der Waals surface area (Å²) in [6.07, 6.45) is 3.24. The highest BCUT2D eigenvalue weighted by atomic mass is 19.1. The molecule has 1 N–H and O–H groups in total. The summed E-state index contributed by atoms with van der Waals surface area (Å²) in [5, 5.41) is 10.6. The maximum atomic E-state index is 13.9. The third-order valence-corrected chi connectivity index (χ3v) is 5.03. The quantitative estimate of drug-likeness (QED) is 0.922. The number of aromatic hydroxyl groups is 1.